The Labute approximate surface area is 109 Å². The van der Waals surface area contributed by atoms with Gasteiger partial charge in [-0.2, -0.15) is 0 Å². The zero-order valence-corrected chi connectivity index (χ0v) is 11.8. The highest BCUT2D eigenvalue weighted by Gasteiger charge is 2.15. The molecule has 18 heavy (non-hydrogen) atoms. The lowest BCUT2D eigenvalue weighted by atomic mass is 10.2. The topological polar surface area (TPSA) is 72.6 Å². The Hall–Kier alpha value is -1.11. The largest absolute Gasteiger partial charge is 0.492 e. The molecule has 0 radical (unpaired) electrons. The van der Waals surface area contributed by atoms with Crippen LogP contribution in [0.4, 0.5) is 0 Å². The number of benzene rings is 1. The second kappa shape index (κ2) is 6.17. The fourth-order valence-electron chi connectivity index (χ4n) is 1.52. The lowest BCUT2D eigenvalue weighted by Gasteiger charge is -2.12. The van der Waals surface area contributed by atoms with Crippen molar-refractivity contribution in [1.29, 1.82) is 0 Å². The summed E-state index contributed by atoms with van der Waals surface area (Å²) in [5.74, 6) is 0.321. The molecular formula is C12H20N2O3S. The Morgan fingerprint density at radius 1 is 1.33 bits per heavy atom. The second-order valence-electron chi connectivity index (χ2n) is 4.50. The highest BCUT2D eigenvalue weighted by atomic mass is 32.2. The van der Waals surface area contributed by atoms with Crippen LogP contribution < -0.4 is 9.88 Å². The van der Waals surface area contributed by atoms with E-state index in [0.29, 0.717) is 12.4 Å². The van der Waals surface area contributed by atoms with Crippen LogP contribution in [0, 0.1) is 6.92 Å². The molecule has 0 bridgehead atoms. The molecule has 0 spiro atoms. The number of ether oxygens (including phenoxy) is 1. The number of hydrogen-bond acceptors (Lipinski definition) is 4. The van der Waals surface area contributed by atoms with Crippen molar-refractivity contribution in [3.63, 3.8) is 0 Å². The van der Waals surface area contributed by atoms with Gasteiger partial charge in [0.05, 0.1) is 6.61 Å². The second-order valence-corrected chi connectivity index (χ2v) is 6.03. The molecule has 0 fully saturated rings. The number of nitrogens with zero attached hydrogens (tertiary/aromatic N) is 1. The van der Waals surface area contributed by atoms with Gasteiger partial charge in [0.25, 0.3) is 0 Å². The van der Waals surface area contributed by atoms with Gasteiger partial charge in [0.15, 0.2) is 0 Å². The molecule has 0 aliphatic carbocycles. The third-order valence-electron chi connectivity index (χ3n) is 2.41. The van der Waals surface area contributed by atoms with Crippen LogP contribution in [0.5, 0.6) is 5.75 Å². The summed E-state index contributed by atoms with van der Waals surface area (Å²) in [5.41, 5.74) is 0.833. The van der Waals surface area contributed by atoms with Gasteiger partial charge in [-0.25, -0.2) is 13.6 Å². The molecule has 0 unspecified atom stereocenters. The van der Waals surface area contributed by atoms with E-state index < -0.39 is 10.0 Å². The summed E-state index contributed by atoms with van der Waals surface area (Å²) in [6.07, 6.45) is 0.824. The summed E-state index contributed by atoms with van der Waals surface area (Å²) in [6, 6.07) is 4.97. The summed E-state index contributed by atoms with van der Waals surface area (Å²) >= 11 is 0. The van der Waals surface area contributed by atoms with Gasteiger partial charge in [-0.15, -0.1) is 0 Å². The Balaban J connectivity index is 2.77. The van der Waals surface area contributed by atoms with E-state index in [-0.39, 0.29) is 4.90 Å². The smallest absolute Gasteiger partial charge is 0.241 e. The highest BCUT2D eigenvalue weighted by Crippen LogP contribution is 2.23. The van der Waals surface area contributed by atoms with E-state index in [0.717, 1.165) is 18.5 Å². The molecule has 102 valence electrons. The highest BCUT2D eigenvalue weighted by molar-refractivity contribution is 7.89. The maximum absolute atomic E-state index is 11.4. The quantitative estimate of drug-likeness (QED) is 0.783. The van der Waals surface area contributed by atoms with Gasteiger partial charge >= 0.3 is 0 Å². The lowest BCUT2D eigenvalue weighted by Crippen LogP contribution is -2.17. The molecule has 0 aliphatic rings. The first-order valence-corrected chi connectivity index (χ1v) is 7.26. The number of nitrogens with two attached hydrogens (primary N) is 1. The van der Waals surface area contributed by atoms with Gasteiger partial charge in [-0.1, -0.05) is 6.07 Å². The predicted octanol–water partition coefficient (Wildman–Crippen LogP) is 0.973. The first-order valence-electron chi connectivity index (χ1n) is 5.71. The summed E-state index contributed by atoms with van der Waals surface area (Å²) in [5, 5.41) is 5.16. The van der Waals surface area contributed by atoms with Crippen molar-refractivity contribution in [2.75, 3.05) is 27.2 Å². The van der Waals surface area contributed by atoms with Crippen molar-refractivity contribution < 1.29 is 13.2 Å². The molecule has 0 aliphatic heterocycles. The normalized spacial score (nSPS) is 11.8. The van der Waals surface area contributed by atoms with Gasteiger partial charge in [-0.05, 0) is 45.1 Å². The van der Waals surface area contributed by atoms with Crippen molar-refractivity contribution in [1.82, 2.24) is 4.90 Å². The molecule has 0 saturated heterocycles. The van der Waals surface area contributed by atoms with Crippen LogP contribution in [-0.2, 0) is 10.0 Å². The zero-order chi connectivity index (χ0) is 13.8. The molecule has 1 rings (SSSR count). The van der Waals surface area contributed by atoms with E-state index >= 15 is 0 Å². The third kappa shape index (κ3) is 4.64. The fourth-order valence-corrected chi connectivity index (χ4v) is 2.28. The molecule has 6 heteroatoms. The number of sulfonamides is 1. The van der Waals surface area contributed by atoms with E-state index in [1.54, 1.807) is 12.1 Å². The molecule has 1 aromatic rings. The number of rotatable bonds is 6. The Bertz CT molecular complexity index is 498. The van der Waals surface area contributed by atoms with Gasteiger partial charge in [0.1, 0.15) is 10.6 Å². The summed E-state index contributed by atoms with van der Waals surface area (Å²) in [7, 11) is 0.203. The number of aryl methyl sites for hydroxylation is 1. The minimum atomic E-state index is -3.74. The van der Waals surface area contributed by atoms with Crippen LogP contribution in [-0.4, -0.2) is 40.6 Å². The molecule has 0 amide bonds. The first-order chi connectivity index (χ1) is 8.30. The molecule has 0 heterocycles. The summed E-state index contributed by atoms with van der Waals surface area (Å²) in [6.45, 7) is 3.16. The van der Waals surface area contributed by atoms with Crippen molar-refractivity contribution in [2.45, 2.75) is 18.2 Å². The maximum Gasteiger partial charge on any atom is 0.241 e. The van der Waals surface area contributed by atoms with Gasteiger partial charge in [0, 0.05) is 6.54 Å². The Morgan fingerprint density at radius 2 is 2.00 bits per heavy atom. The molecule has 0 atom stereocenters. The average Bonchev–Trinajstić information content (AvgIpc) is 2.24. The summed E-state index contributed by atoms with van der Waals surface area (Å²) in [4.78, 5) is 2.09. The zero-order valence-electron chi connectivity index (χ0n) is 11.0. The number of hydrogen-bond donors (Lipinski definition) is 1. The van der Waals surface area contributed by atoms with Gasteiger partial charge < -0.3 is 9.64 Å². The van der Waals surface area contributed by atoms with Crippen LogP contribution in [0.15, 0.2) is 23.1 Å². The molecule has 5 nitrogen and oxygen atoms in total. The van der Waals surface area contributed by atoms with E-state index in [2.05, 4.69) is 0 Å². The SMILES string of the molecule is Cc1ccc(OCCCN(C)C)c(S(N)(=O)=O)c1. The van der Waals surface area contributed by atoms with Gasteiger partial charge in [0.2, 0.25) is 10.0 Å². The standard InChI is InChI=1S/C12H20N2O3S/c1-10-5-6-11(12(9-10)18(13,15)16)17-8-4-7-14(2)3/h5-6,9H,4,7-8H2,1-3H3,(H2,13,15,16). The molecular weight excluding hydrogens is 252 g/mol. The van der Waals surface area contributed by atoms with Crippen LogP contribution >= 0.6 is 0 Å². The van der Waals surface area contributed by atoms with Crippen molar-refractivity contribution in [3.05, 3.63) is 23.8 Å². The van der Waals surface area contributed by atoms with Crippen molar-refractivity contribution >= 4 is 10.0 Å². The summed E-state index contributed by atoms with van der Waals surface area (Å²) < 4.78 is 28.4. The Morgan fingerprint density at radius 3 is 2.56 bits per heavy atom. The van der Waals surface area contributed by atoms with Gasteiger partial charge in [-0.3, -0.25) is 0 Å². The first kappa shape index (κ1) is 14.9. The van der Waals surface area contributed by atoms with Crippen LogP contribution in [0.3, 0.4) is 0 Å². The molecule has 0 saturated carbocycles. The monoisotopic (exact) mass is 272 g/mol. The van der Waals surface area contributed by atoms with Crippen molar-refractivity contribution in [2.24, 2.45) is 5.14 Å². The Kier molecular flexibility index (Phi) is 5.13. The maximum atomic E-state index is 11.4. The minimum absolute atomic E-state index is 0.0485. The van der Waals surface area contributed by atoms with Crippen LogP contribution in [0.25, 0.3) is 0 Å². The lowest BCUT2D eigenvalue weighted by molar-refractivity contribution is 0.276. The minimum Gasteiger partial charge on any atom is -0.492 e. The van der Waals surface area contributed by atoms with E-state index in [1.807, 2.05) is 25.9 Å². The third-order valence-corrected chi connectivity index (χ3v) is 3.35. The predicted molar refractivity (Wildman–Crippen MR) is 71.2 cm³/mol. The number of primary sulfonamides is 1. The van der Waals surface area contributed by atoms with E-state index in [4.69, 9.17) is 9.88 Å². The molecule has 1 aromatic carbocycles. The fraction of sp³-hybridized carbons (Fsp3) is 0.500. The van der Waals surface area contributed by atoms with E-state index in [9.17, 15) is 8.42 Å². The molecule has 0 aromatic heterocycles. The van der Waals surface area contributed by atoms with Crippen molar-refractivity contribution in [3.8, 4) is 5.75 Å². The van der Waals surface area contributed by atoms with Crippen LogP contribution in [0.2, 0.25) is 0 Å². The molecule has 2 N–H and O–H groups in total. The average molecular weight is 272 g/mol. The van der Waals surface area contributed by atoms with E-state index in [1.165, 1.54) is 6.07 Å². The van der Waals surface area contributed by atoms with Crippen LogP contribution in [0.1, 0.15) is 12.0 Å².